The lowest BCUT2D eigenvalue weighted by molar-refractivity contribution is 1.15. The predicted octanol–water partition coefficient (Wildman–Crippen LogP) is 5.09. The molecule has 0 N–H and O–H groups in total. The number of alkyl halides is 2. The van der Waals surface area contributed by atoms with Crippen LogP contribution in [0, 0.1) is 0 Å². The summed E-state index contributed by atoms with van der Waals surface area (Å²) in [6, 6.07) is 20.7. The lowest BCUT2D eigenvalue weighted by Crippen LogP contribution is -1.82. The van der Waals surface area contributed by atoms with Gasteiger partial charge in [-0.3, -0.25) is 0 Å². The van der Waals surface area contributed by atoms with Crippen molar-refractivity contribution in [3.8, 4) is 0 Å². The van der Waals surface area contributed by atoms with E-state index < -0.39 is 0 Å². The number of halogens is 2. The van der Waals surface area contributed by atoms with Crippen LogP contribution in [0.5, 0.6) is 0 Å². The molecule has 0 aromatic heterocycles. The molecule has 0 atom stereocenters. The van der Waals surface area contributed by atoms with Gasteiger partial charge in [-0.1, -0.05) is 76.6 Å². The molecule has 2 rings (SSSR count). The molecule has 0 aliphatic heterocycles. The standard InChI is InChI=1S/C8H9Br.C8H9Cl/c2*9-7-6-8-4-2-1-3-5-8/h2*1-5H,6-7H2. The van der Waals surface area contributed by atoms with Gasteiger partial charge in [-0.05, 0) is 24.0 Å². The Morgan fingerprint density at radius 3 is 1.56 bits per heavy atom. The fourth-order valence-corrected chi connectivity index (χ4v) is 2.18. The van der Waals surface area contributed by atoms with Crippen molar-refractivity contribution in [3.63, 3.8) is 0 Å². The molecule has 2 heteroatoms. The van der Waals surface area contributed by atoms with E-state index in [0.29, 0.717) is 5.88 Å². The number of hydrogen-bond donors (Lipinski definition) is 0. The first kappa shape index (κ1) is 15.3. The lowest BCUT2D eigenvalue weighted by atomic mass is 10.2. The Hall–Kier alpha value is -0.790. The molecule has 2 aromatic rings. The second kappa shape index (κ2) is 10.2. The summed E-state index contributed by atoms with van der Waals surface area (Å²) < 4.78 is 0. The summed E-state index contributed by atoms with van der Waals surface area (Å²) in [5, 5.41) is 1.05. The Morgan fingerprint density at radius 2 is 1.17 bits per heavy atom. The Labute approximate surface area is 123 Å². The number of rotatable bonds is 4. The zero-order chi connectivity index (χ0) is 13.1. The first-order valence-electron chi connectivity index (χ1n) is 6.06. The number of benzene rings is 2. The molecule has 0 aliphatic rings. The van der Waals surface area contributed by atoms with E-state index in [0.717, 1.165) is 18.2 Å². The molecule has 0 heterocycles. The minimum atomic E-state index is 0.712. The maximum absolute atomic E-state index is 5.54. The van der Waals surface area contributed by atoms with Crippen molar-refractivity contribution in [1.29, 1.82) is 0 Å². The summed E-state index contributed by atoms with van der Waals surface area (Å²) in [5.41, 5.74) is 2.71. The zero-order valence-corrected chi connectivity index (χ0v) is 12.7. The monoisotopic (exact) mass is 324 g/mol. The predicted molar refractivity (Wildman–Crippen MR) is 84.8 cm³/mol. The molecular weight excluding hydrogens is 308 g/mol. The van der Waals surface area contributed by atoms with Crippen LogP contribution < -0.4 is 0 Å². The van der Waals surface area contributed by atoms with E-state index in [1.54, 1.807) is 0 Å². The van der Waals surface area contributed by atoms with E-state index in [4.69, 9.17) is 11.6 Å². The molecule has 0 saturated carbocycles. The van der Waals surface area contributed by atoms with E-state index in [1.165, 1.54) is 11.1 Å². The molecule has 0 radical (unpaired) electrons. The van der Waals surface area contributed by atoms with E-state index in [-0.39, 0.29) is 0 Å². The van der Waals surface area contributed by atoms with E-state index >= 15 is 0 Å². The number of aryl methyl sites for hydroxylation is 2. The molecule has 0 saturated heterocycles. The molecule has 96 valence electrons. The summed E-state index contributed by atoms with van der Waals surface area (Å²) in [4.78, 5) is 0. The highest BCUT2D eigenvalue weighted by molar-refractivity contribution is 9.09. The topological polar surface area (TPSA) is 0 Å². The molecule has 0 unspecified atom stereocenters. The number of hydrogen-bond acceptors (Lipinski definition) is 0. The second-order valence-electron chi connectivity index (χ2n) is 3.85. The maximum atomic E-state index is 5.54. The van der Waals surface area contributed by atoms with Crippen molar-refractivity contribution in [2.45, 2.75) is 12.8 Å². The highest BCUT2D eigenvalue weighted by Gasteiger charge is 1.86. The Bertz CT molecular complexity index is 358. The molecule has 0 amide bonds. The Balaban J connectivity index is 0.000000180. The van der Waals surface area contributed by atoms with Crippen molar-refractivity contribution >= 4 is 27.5 Å². The van der Waals surface area contributed by atoms with Crippen LogP contribution in [0.4, 0.5) is 0 Å². The highest BCUT2D eigenvalue weighted by atomic mass is 79.9. The Morgan fingerprint density at radius 1 is 0.722 bits per heavy atom. The largest absolute Gasteiger partial charge is 0.126 e. The van der Waals surface area contributed by atoms with Crippen LogP contribution in [0.2, 0.25) is 0 Å². The molecule has 18 heavy (non-hydrogen) atoms. The third-order valence-electron chi connectivity index (χ3n) is 2.45. The van der Waals surface area contributed by atoms with Gasteiger partial charge in [0.15, 0.2) is 0 Å². The first-order chi connectivity index (χ1) is 8.86. The van der Waals surface area contributed by atoms with Crippen molar-refractivity contribution in [2.24, 2.45) is 0 Å². The quantitative estimate of drug-likeness (QED) is 0.687. The molecule has 0 bridgehead atoms. The van der Waals surface area contributed by atoms with Gasteiger partial charge in [0.25, 0.3) is 0 Å². The average Bonchev–Trinajstić information content (AvgIpc) is 2.43. The fourth-order valence-electron chi connectivity index (χ4n) is 1.51. The highest BCUT2D eigenvalue weighted by Crippen LogP contribution is 2.00. The van der Waals surface area contributed by atoms with Crippen LogP contribution in [0.1, 0.15) is 11.1 Å². The van der Waals surface area contributed by atoms with Gasteiger partial charge in [-0.2, -0.15) is 0 Å². The molecule has 0 nitrogen and oxygen atoms in total. The van der Waals surface area contributed by atoms with Crippen molar-refractivity contribution in [1.82, 2.24) is 0 Å². The molecule has 0 aliphatic carbocycles. The first-order valence-corrected chi connectivity index (χ1v) is 7.72. The SMILES string of the molecule is BrCCc1ccccc1.ClCCc1ccccc1. The molecule has 0 fully saturated rings. The second-order valence-corrected chi connectivity index (χ2v) is 5.02. The van der Waals surface area contributed by atoms with Crippen LogP contribution in [0.25, 0.3) is 0 Å². The normalized spacial score (nSPS) is 9.44. The lowest BCUT2D eigenvalue weighted by Gasteiger charge is -1.92. The summed E-state index contributed by atoms with van der Waals surface area (Å²) in [5.74, 6) is 0.712. The Kier molecular flexibility index (Phi) is 8.62. The van der Waals surface area contributed by atoms with Crippen molar-refractivity contribution in [3.05, 3.63) is 71.8 Å². The zero-order valence-electron chi connectivity index (χ0n) is 10.4. The average molecular weight is 326 g/mol. The van der Waals surface area contributed by atoms with Gasteiger partial charge in [0.1, 0.15) is 0 Å². The van der Waals surface area contributed by atoms with E-state index in [1.807, 2.05) is 24.3 Å². The van der Waals surface area contributed by atoms with E-state index in [2.05, 4.69) is 52.3 Å². The summed E-state index contributed by atoms with van der Waals surface area (Å²) >= 11 is 8.92. The van der Waals surface area contributed by atoms with Gasteiger partial charge >= 0.3 is 0 Å². The van der Waals surface area contributed by atoms with E-state index in [9.17, 15) is 0 Å². The van der Waals surface area contributed by atoms with Gasteiger partial charge in [0.2, 0.25) is 0 Å². The summed E-state index contributed by atoms with van der Waals surface area (Å²) in [6.45, 7) is 0. The smallest absolute Gasteiger partial charge is 0.0263 e. The molecular formula is C16H18BrCl. The van der Waals surface area contributed by atoms with Crippen LogP contribution in [0.15, 0.2) is 60.7 Å². The third kappa shape index (κ3) is 6.83. The summed E-state index contributed by atoms with van der Waals surface area (Å²) in [7, 11) is 0. The van der Waals surface area contributed by atoms with Crippen LogP contribution in [-0.4, -0.2) is 11.2 Å². The van der Waals surface area contributed by atoms with Gasteiger partial charge in [-0.15, -0.1) is 11.6 Å². The van der Waals surface area contributed by atoms with Gasteiger partial charge in [-0.25, -0.2) is 0 Å². The summed E-state index contributed by atoms with van der Waals surface area (Å²) in [6.07, 6.45) is 2.10. The fraction of sp³-hybridized carbons (Fsp3) is 0.250. The van der Waals surface area contributed by atoms with Crippen LogP contribution >= 0.6 is 27.5 Å². The van der Waals surface area contributed by atoms with Gasteiger partial charge in [0, 0.05) is 11.2 Å². The van der Waals surface area contributed by atoms with Crippen molar-refractivity contribution < 1.29 is 0 Å². The van der Waals surface area contributed by atoms with Gasteiger partial charge < -0.3 is 0 Å². The maximum Gasteiger partial charge on any atom is 0.0263 e. The molecule has 0 spiro atoms. The van der Waals surface area contributed by atoms with Crippen molar-refractivity contribution in [2.75, 3.05) is 11.2 Å². The minimum Gasteiger partial charge on any atom is -0.126 e. The van der Waals surface area contributed by atoms with Crippen LogP contribution in [0.3, 0.4) is 0 Å². The van der Waals surface area contributed by atoms with Crippen LogP contribution in [-0.2, 0) is 12.8 Å². The minimum absolute atomic E-state index is 0.712. The van der Waals surface area contributed by atoms with Gasteiger partial charge in [0.05, 0.1) is 0 Å². The molecule has 2 aromatic carbocycles. The third-order valence-corrected chi connectivity index (χ3v) is 3.04.